The van der Waals surface area contributed by atoms with Gasteiger partial charge in [0.2, 0.25) is 0 Å². The van der Waals surface area contributed by atoms with Gasteiger partial charge in [-0.25, -0.2) is 0 Å². The van der Waals surface area contributed by atoms with Crippen LogP contribution < -0.4 is 0 Å². The number of esters is 3. The fourth-order valence-electron chi connectivity index (χ4n) is 6.65. The minimum atomic E-state index is -0.784. The molecule has 0 saturated heterocycles. The van der Waals surface area contributed by atoms with Crippen LogP contribution in [0.4, 0.5) is 0 Å². The standard InChI is InChI=1S/C52H90O6/c1-4-7-10-13-16-19-22-24-25-26-27-29-30-33-36-39-42-45-51(54)57-48-49(47-56-50(53)44-41-38-35-32-21-18-15-12-9-6-3)58-52(55)46-43-40-37-34-31-28-23-20-17-14-11-8-5-2/h8,11,14,16-17,19-20,23-25,49H,4-7,9-10,12-13,15,18,21-22,26-48H2,1-3H3/b11-8-,17-14-,19-16-,23-20-,25-24-. The molecule has 0 rings (SSSR count). The second-order valence-electron chi connectivity index (χ2n) is 16.1. The van der Waals surface area contributed by atoms with Gasteiger partial charge in [0.25, 0.3) is 0 Å². The summed E-state index contributed by atoms with van der Waals surface area (Å²) in [6.07, 6.45) is 56.3. The van der Waals surface area contributed by atoms with Gasteiger partial charge in [-0.15, -0.1) is 0 Å². The van der Waals surface area contributed by atoms with E-state index in [-0.39, 0.29) is 31.1 Å². The van der Waals surface area contributed by atoms with Gasteiger partial charge in [0.1, 0.15) is 13.2 Å². The molecule has 0 aliphatic rings. The van der Waals surface area contributed by atoms with Crippen LogP contribution in [-0.2, 0) is 28.6 Å². The SMILES string of the molecule is CC\C=C/C=C\C=C/CCCCCCCC(=O)OC(COC(=O)CCCCCCCCC/C=C\C/C=C\CCCCC)COC(=O)CCCCCCCCCCCC. The average Bonchev–Trinajstić information content (AvgIpc) is 3.22. The van der Waals surface area contributed by atoms with E-state index < -0.39 is 6.10 Å². The van der Waals surface area contributed by atoms with Crippen LogP contribution in [0.2, 0.25) is 0 Å². The molecule has 0 radical (unpaired) electrons. The molecule has 0 aromatic rings. The highest BCUT2D eigenvalue weighted by Crippen LogP contribution is 2.14. The van der Waals surface area contributed by atoms with Crippen molar-refractivity contribution in [3.8, 4) is 0 Å². The summed E-state index contributed by atoms with van der Waals surface area (Å²) in [5.41, 5.74) is 0. The number of hydrogen-bond acceptors (Lipinski definition) is 6. The summed E-state index contributed by atoms with van der Waals surface area (Å²) in [6, 6.07) is 0. The molecule has 0 spiro atoms. The number of carbonyl (C=O) groups is 3. The number of ether oxygens (including phenoxy) is 3. The fourth-order valence-corrected chi connectivity index (χ4v) is 6.65. The molecule has 0 N–H and O–H groups in total. The van der Waals surface area contributed by atoms with Gasteiger partial charge in [-0.1, -0.05) is 204 Å². The first kappa shape index (κ1) is 55.1. The van der Waals surface area contributed by atoms with E-state index in [4.69, 9.17) is 14.2 Å². The highest BCUT2D eigenvalue weighted by Gasteiger charge is 2.19. The van der Waals surface area contributed by atoms with Gasteiger partial charge in [-0.2, -0.15) is 0 Å². The van der Waals surface area contributed by atoms with Gasteiger partial charge in [-0.05, 0) is 70.6 Å². The van der Waals surface area contributed by atoms with Gasteiger partial charge in [-0.3, -0.25) is 14.4 Å². The molecule has 1 atom stereocenters. The smallest absolute Gasteiger partial charge is 0.306 e. The molecule has 334 valence electrons. The van der Waals surface area contributed by atoms with E-state index in [1.54, 1.807) is 0 Å². The molecular formula is C52H90O6. The van der Waals surface area contributed by atoms with Gasteiger partial charge >= 0.3 is 17.9 Å². The number of carbonyl (C=O) groups excluding carboxylic acids is 3. The quantitative estimate of drug-likeness (QED) is 0.0201. The minimum Gasteiger partial charge on any atom is -0.462 e. The van der Waals surface area contributed by atoms with E-state index in [0.29, 0.717) is 19.3 Å². The van der Waals surface area contributed by atoms with Crippen molar-refractivity contribution in [2.75, 3.05) is 13.2 Å². The fraction of sp³-hybridized carbons (Fsp3) is 0.750. The Labute approximate surface area is 358 Å². The first-order chi connectivity index (χ1) is 28.5. The zero-order valence-corrected chi connectivity index (χ0v) is 38.0. The van der Waals surface area contributed by atoms with Gasteiger partial charge in [0.05, 0.1) is 0 Å². The molecule has 0 aliphatic carbocycles. The van der Waals surface area contributed by atoms with Gasteiger partial charge in [0, 0.05) is 19.3 Å². The van der Waals surface area contributed by atoms with E-state index in [9.17, 15) is 14.4 Å². The summed E-state index contributed by atoms with van der Waals surface area (Å²) < 4.78 is 16.7. The van der Waals surface area contributed by atoms with Crippen molar-refractivity contribution in [2.24, 2.45) is 0 Å². The van der Waals surface area contributed by atoms with Crippen LogP contribution >= 0.6 is 0 Å². The van der Waals surface area contributed by atoms with E-state index in [1.807, 2.05) is 0 Å². The number of hydrogen-bond donors (Lipinski definition) is 0. The molecule has 0 aromatic heterocycles. The van der Waals surface area contributed by atoms with Crippen molar-refractivity contribution >= 4 is 17.9 Å². The second-order valence-corrected chi connectivity index (χ2v) is 16.1. The molecule has 6 nitrogen and oxygen atoms in total. The lowest BCUT2D eigenvalue weighted by Gasteiger charge is -2.18. The lowest BCUT2D eigenvalue weighted by Crippen LogP contribution is -2.30. The molecule has 0 aliphatic heterocycles. The Kier molecular flexibility index (Phi) is 44.5. The number of allylic oxidation sites excluding steroid dienone is 10. The maximum Gasteiger partial charge on any atom is 0.306 e. The molecule has 0 bridgehead atoms. The maximum absolute atomic E-state index is 12.7. The molecule has 6 heteroatoms. The van der Waals surface area contributed by atoms with E-state index in [0.717, 1.165) is 96.3 Å². The maximum atomic E-state index is 12.7. The van der Waals surface area contributed by atoms with Crippen molar-refractivity contribution in [3.05, 3.63) is 60.8 Å². The minimum absolute atomic E-state index is 0.0842. The summed E-state index contributed by atoms with van der Waals surface area (Å²) in [6.45, 7) is 6.44. The highest BCUT2D eigenvalue weighted by atomic mass is 16.6. The molecule has 0 aromatic carbocycles. The Hall–Kier alpha value is -2.89. The molecule has 58 heavy (non-hydrogen) atoms. The number of rotatable bonds is 43. The average molecular weight is 811 g/mol. The lowest BCUT2D eigenvalue weighted by atomic mass is 10.1. The van der Waals surface area contributed by atoms with E-state index in [2.05, 4.69) is 81.5 Å². The molecule has 1 unspecified atom stereocenters. The van der Waals surface area contributed by atoms with Crippen molar-refractivity contribution in [2.45, 2.75) is 239 Å². The predicted octanol–water partition coefficient (Wildman–Crippen LogP) is 15.7. The van der Waals surface area contributed by atoms with Gasteiger partial charge < -0.3 is 14.2 Å². The van der Waals surface area contributed by atoms with E-state index >= 15 is 0 Å². The van der Waals surface area contributed by atoms with Crippen LogP contribution in [-0.4, -0.2) is 37.2 Å². The highest BCUT2D eigenvalue weighted by molar-refractivity contribution is 5.71. The van der Waals surface area contributed by atoms with Crippen LogP contribution in [0.15, 0.2) is 60.8 Å². The Bertz CT molecular complexity index is 1070. The van der Waals surface area contributed by atoms with Crippen molar-refractivity contribution in [3.63, 3.8) is 0 Å². The van der Waals surface area contributed by atoms with Gasteiger partial charge in [0.15, 0.2) is 6.10 Å². The predicted molar refractivity (Wildman–Crippen MR) is 247 cm³/mol. The van der Waals surface area contributed by atoms with E-state index in [1.165, 1.54) is 96.3 Å². The molecule has 0 heterocycles. The van der Waals surface area contributed by atoms with Crippen LogP contribution in [0.3, 0.4) is 0 Å². The van der Waals surface area contributed by atoms with Crippen LogP contribution in [0.1, 0.15) is 233 Å². The first-order valence-corrected chi connectivity index (χ1v) is 24.3. The normalized spacial score (nSPS) is 12.5. The second kappa shape index (κ2) is 46.8. The summed E-state index contributed by atoms with van der Waals surface area (Å²) in [7, 11) is 0. The zero-order valence-electron chi connectivity index (χ0n) is 38.0. The van der Waals surface area contributed by atoms with Crippen LogP contribution in [0, 0.1) is 0 Å². The first-order valence-electron chi connectivity index (χ1n) is 24.3. The molecule has 0 fully saturated rings. The molecular weight excluding hydrogens is 721 g/mol. The molecule has 0 saturated carbocycles. The summed E-state index contributed by atoms with van der Waals surface area (Å²) in [5.74, 6) is -0.914. The van der Waals surface area contributed by atoms with Crippen LogP contribution in [0.5, 0.6) is 0 Å². The van der Waals surface area contributed by atoms with Crippen molar-refractivity contribution in [1.82, 2.24) is 0 Å². The van der Waals surface area contributed by atoms with Crippen LogP contribution in [0.25, 0.3) is 0 Å². The number of unbranched alkanes of at least 4 members (excludes halogenated alkanes) is 24. The molecule has 0 amide bonds. The largest absolute Gasteiger partial charge is 0.462 e. The lowest BCUT2D eigenvalue weighted by molar-refractivity contribution is -0.167. The Balaban J connectivity index is 4.38. The Morgan fingerprint density at radius 1 is 0.379 bits per heavy atom. The Morgan fingerprint density at radius 3 is 1.21 bits per heavy atom. The monoisotopic (exact) mass is 811 g/mol. The summed E-state index contributed by atoms with van der Waals surface area (Å²) in [5, 5.41) is 0. The Morgan fingerprint density at radius 2 is 0.741 bits per heavy atom. The summed E-state index contributed by atoms with van der Waals surface area (Å²) >= 11 is 0. The van der Waals surface area contributed by atoms with Crippen molar-refractivity contribution in [1.29, 1.82) is 0 Å². The zero-order chi connectivity index (χ0) is 42.3. The third kappa shape index (κ3) is 44.2. The van der Waals surface area contributed by atoms with Crippen molar-refractivity contribution < 1.29 is 28.6 Å². The third-order valence-electron chi connectivity index (χ3n) is 10.3. The summed E-state index contributed by atoms with van der Waals surface area (Å²) in [4.78, 5) is 37.8. The topological polar surface area (TPSA) is 78.9 Å². The third-order valence-corrected chi connectivity index (χ3v) is 10.3.